The van der Waals surface area contributed by atoms with Crippen molar-refractivity contribution in [3.05, 3.63) is 35.7 Å². The first-order valence-corrected chi connectivity index (χ1v) is 7.26. The molecular formula is C11H14N4O2S. The van der Waals surface area contributed by atoms with E-state index in [0.717, 1.165) is 17.4 Å². The smallest absolute Gasteiger partial charge is 0.209 e. The van der Waals surface area contributed by atoms with Gasteiger partial charge in [0, 0.05) is 5.56 Å². The standard InChI is InChI=1S/C11H14N4O2S/c1-8-3-5-9(6-4-8)11-13-10(14-15-11)7-12-18(2,16)17/h3-6,12H,7H2,1-2H3,(H,13,14,15). The first-order valence-electron chi connectivity index (χ1n) is 5.37. The zero-order valence-corrected chi connectivity index (χ0v) is 11.0. The fourth-order valence-electron chi connectivity index (χ4n) is 1.41. The van der Waals surface area contributed by atoms with Crippen molar-refractivity contribution in [3.8, 4) is 11.4 Å². The van der Waals surface area contributed by atoms with E-state index in [0.29, 0.717) is 11.6 Å². The third kappa shape index (κ3) is 3.38. The molecule has 1 heterocycles. The zero-order valence-electron chi connectivity index (χ0n) is 10.1. The van der Waals surface area contributed by atoms with Crippen LogP contribution in [0.4, 0.5) is 0 Å². The van der Waals surface area contributed by atoms with Gasteiger partial charge in [0.15, 0.2) is 5.82 Å². The van der Waals surface area contributed by atoms with Gasteiger partial charge in [-0.3, -0.25) is 5.10 Å². The van der Waals surface area contributed by atoms with E-state index in [4.69, 9.17) is 0 Å². The Hall–Kier alpha value is -1.73. The zero-order chi connectivity index (χ0) is 13.2. The number of aryl methyl sites for hydroxylation is 1. The molecule has 0 saturated carbocycles. The second kappa shape index (κ2) is 4.87. The molecule has 0 amide bonds. The van der Waals surface area contributed by atoms with Gasteiger partial charge in [0.25, 0.3) is 0 Å². The summed E-state index contributed by atoms with van der Waals surface area (Å²) in [5.41, 5.74) is 2.05. The van der Waals surface area contributed by atoms with Crippen LogP contribution >= 0.6 is 0 Å². The molecule has 0 aliphatic heterocycles. The summed E-state index contributed by atoms with van der Waals surface area (Å²) < 4.78 is 24.2. The summed E-state index contributed by atoms with van der Waals surface area (Å²) in [7, 11) is -3.22. The highest BCUT2D eigenvalue weighted by Gasteiger charge is 2.07. The second-order valence-electron chi connectivity index (χ2n) is 4.07. The van der Waals surface area contributed by atoms with Gasteiger partial charge in [-0.05, 0) is 6.92 Å². The van der Waals surface area contributed by atoms with Crippen LogP contribution in [-0.4, -0.2) is 29.9 Å². The van der Waals surface area contributed by atoms with Crippen LogP contribution in [0, 0.1) is 6.92 Å². The van der Waals surface area contributed by atoms with Crippen LogP contribution in [0.15, 0.2) is 24.3 Å². The van der Waals surface area contributed by atoms with E-state index in [2.05, 4.69) is 19.9 Å². The lowest BCUT2D eigenvalue weighted by atomic mass is 10.1. The lowest BCUT2D eigenvalue weighted by molar-refractivity contribution is 0.585. The molecule has 0 unspecified atom stereocenters. The number of sulfonamides is 1. The van der Waals surface area contributed by atoms with E-state index in [1.807, 2.05) is 31.2 Å². The minimum atomic E-state index is -3.22. The Kier molecular flexibility index (Phi) is 3.44. The number of hydrogen-bond donors (Lipinski definition) is 2. The second-order valence-corrected chi connectivity index (χ2v) is 5.90. The highest BCUT2D eigenvalue weighted by Crippen LogP contribution is 2.14. The molecule has 0 atom stereocenters. The molecule has 18 heavy (non-hydrogen) atoms. The summed E-state index contributed by atoms with van der Waals surface area (Å²) in [5, 5.41) is 6.75. The van der Waals surface area contributed by atoms with Gasteiger partial charge >= 0.3 is 0 Å². The Morgan fingerprint density at radius 1 is 1.28 bits per heavy atom. The third-order valence-electron chi connectivity index (χ3n) is 2.34. The van der Waals surface area contributed by atoms with Crippen molar-refractivity contribution >= 4 is 10.0 Å². The van der Waals surface area contributed by atoms with Gasteiger partial charge in [-0.2, -0.15) is 5.10 Å². The predicted molar refractivity (Wildman–Crippen MR) is 68.2 cm³/mol. The highest BCUT2D eigenvalue weighted by atomic mass is 32.2. The molecule has 2 rings (SSSR count). The van der Waals surface area contributed by atoms with E-state index < -0.39 is 10.0 Å². The monoisotopic (exact) mass is 266 g/mol. The number of benzene rings is 1. The van der Waals surface area contributed by atoms with Crippen LogP contribution in [-0.2, 0) is 16.6 Å². The van der Waals surface area contributed by atoms with Crippen LogP contribution < -0.4 is 4.72 Å². The number of aromatic nitrogens is 3. The normalized spacial score (nSPS) is 11.7. The van der Waals surface area contributed by atoms with Crippen LogP contribution in [0.1, 0.15) is 11.4 Å². The van der Waals surface area contributed by atoms with Crippen LogP contribution in [0.3, 0.4) is 0 Å². The van der Waals surface area contributed by atoms with E-state index in [1.165, 1.54) is 0 Å². The van der Waals surface area contributed by atoms with Gasteiger partial charge in [-0.15, -0.1) is 0 Å². The molecule has 0 bridgehead atoms. The Balaban J connectivity index is 2.13. The molecule has 0 aliphatic carbocycles. The Morgan fingerprint density at radius 2 is 1.94 bits per heavy atom. The lowest BCUT2D eigenvalue weighted by Crippen LogP contribution is -2.21. The Labute approximate surface area is 106 Å². The molecule has 0 fully saturated rings. The molecule has 0 spiro atoms. The predicted octanol–water partition coefficient (Wildman–Crippen LogP) is 0.829. The summed E-state index contributed by atoms with van der Waals surface area (Å²) >= 11 is 0. The van der Waals surface area contributed by atoms with E-state index in [9.17, 15) is 8.42 Å². The van der Waals surface area contributed by atoms with Crippen molar-refractivity contribution in [3.63, 3.8) is 0 Å². The third-order valence-corrected chi connectivity index (χ3v) is 3.01. The summed E-state index contributed by atoms with van der Waals surface area (Å²) in [6.07, 6.45) is 1.10. The molecule has 7 heteroatoms. The Morgan fingerprint density at radius 3 is 2.56 bits per heavy atom. The highest BCUT2D eigenvalue weighted by molar-refractivity contribution is 7.88. The van der Waals surface area contributed by atoms with E-state index in [1.54, 1.807) is 0 Å². The van der Waals surface area contributed by atoms with Crippen molar-refractivity contribution in [2.45, 2.75) is 13.5 Å². The average Bonchev–Trinajstić information content (AvgIpc) is 2.75. The largest absolute Gasteiger partial charge is 0.262 e. The molecule has 0 saturated heterocycles. The van der Waals surface area contributed by atoms with E-state index in [-0.39, 0.29) is 6.54 Å². The van der Waals surface area contributed by atoms with E-state index >= 15 is 0 Å². The quantitative estimate of drug-likeness (QED) is 0.858. The number of aromatic amines is 1. The van der Waals surface area contributed by atoms with Crippen molar-refractivity contribution in [1.29, 1.82) is 0 Å². The van der Waals surface area contributed by atoms with Crippen molar-refractivity contribution in [1.82, 2.24) is 19.9 Å². The molecular weight excluding hydrogens is 252 g/mol. The fourth-order valence-corrected chi connectivity index (χ4v) is 1.80. The maximum Gasteiger partial charge on any atom is 0.209 e. The van der Waals surface area contributed by atoms with Gasteiger partial charge in [0.1, 0.15) is 5.82 Å². The lowest BCUT2D eigenvalue weighted by Gasteiger charge is -1.97. The Bertz CT molecular complexity index is 631. The molecule has 0 radical (unpaired) electrons. The minimum absolute atomic E-state index is 0.109. The summed E-state index contributed by atoms with van der Waals surface area (Å²) in [5.74, 6) is 1.04. The molecule has 1 aromatic heterocycles. The number of hydrogen-bond acceptors (Lipinski definition) is 4. The first-order chi connectivity index (χ1) is 8.44. The maximum absolute atomic E-state index is 10.9. The first kappa shape index (κ1) is 12.7. The maximum atomic E-state index is 10.9. The van der Waals surface area contributed by atoms with Crippen LogP contribution in [0.5, 0.6) is 0 Å². The summed E-state index contributed by atoms with van der Waals surface area (Å²) in [4.78, 5) is 4.22. The van der Waals surface area contributed by atoms with Crippen LogP contribution in [0.25, 0.3) is 11.4 Å². The van der Waals surface area contributed by atoms with Crippen molar-refractivity contribution in [2.75, 3.05) is 6.26 Å². The molecule has 6 nitrogen and oxygen atoms in total. The topological polar surface area (TPSA) is 87.7 Å². The number of rotatable bonds is 4. The summed E-state index contributed by atoms with van der Waals surface area (Å²) in [6, 6.07) is 7.79. The van der Waals surface area contributed by atoms with Crippen molar-refractivity contribution < 1.29 is 8.42 Å². The summed E-state index contributed by atoms with van der Waals surface area (Å²) in [6.45, 7) is 2.11. The van der Waals surface area contributed by atoms with Crippen LogP contribution in [0.2, 0.25) is 0 Å². The molecule has 2 N–H and O–H groups in total. The van der Waals surface area contributed by atoms with Gasteiger partial charge in [-0.1, -0.05) is 29.8 Å². The molecule has 96 valence electrons. The molecule has 0 aliphatic rings. The number of H-pyrrole nitrogens is 1. The van der Waals surface area contributed by atoms with Gasteiger partial charge in [0.2, 0.25) is 10.0 Å². The van der Waals surface area contributed by atoms with Gasteiger partial charge in [-0.25, -0.2) is 18.1 Å². The number of nitrogens with zero attached hydrogens (tertiary/aromatic N) is 2. The fraction of sp³-hybridized carbons (Fsp3) is 0.273. The van der Waals surface area contributed by atoms with Gasteiger partial charge < -0.3 is 0 Å². The van der Waals surface area contributed by atoms with Crippen molar-refractivity contribution in [2.24, 2.45) is 0 Å². The number of nitrogens with one attached hydrogen (secondary N) is 2. The van der Waals surface area contributed by atoms with Gasteiger partial charge in [0.05, 0.1) is 12.8 Å². The SMILES string of the molecule is Cc1ccc(-c2n[nH]c(CNS(C)(=O)=O)n2)cc1. The molecule has 2 aromatic rings. The average molecular weight is 266 g/mol. The molecule has 1 aromatic carbocycles. The minimum Gasteiger partial charge on any atom is -0.262 e.